The molecule has 0 radical (unpaired) electrons. The Bertz CT molecular complexity index is 3890. The first kappa shape index (κ1) is 33.3. The van der Waals surface area contributed by atoms with Gasteiger partial charge in [0, 0.05) is 58.7 Å². The van der Waals surface area contributed by atoms with Crippen molar-refractivity contribution in [2.24, 2.45) is 0 Å². The molecule has 0 saturated carbocycles. The van der Waals surface area contributed by atoms with Gasteiger partial charge in [0.05, 0.1) is 11.0 Å². The third-order valence-corrected chi connectivity index (χ3v) is 13.4. The molecular weight excluding hydrogens is 749 g/mol. The highest BCUT2D eigenvalue weighted by Crippen LogP contribution is 2.46. The van der Waals surface area contributed by atoms with Gasteiger partial charge in [0.1, 0.15) is 0 Å². The van der Waals surface area contributed by atoms with E-state index in [0.717, 1.165) is 43.9 Å². The second kappa shape index (κ2) is 12.9. The molecule has 0 unspecified atom stereocenters. The number of nitrogens with zero attached hydrogens (tertiary/aromatic N) is 4. The standard InChI is InChI=1S/C55H32N4S/c1-2-15-35(16-3-1)53-56-54(44-24-12-20-33-13-6-9-21-40(33)44)58-55(57-53)47-30-38-19-8-11-23-42(38)52-50(47)45-28-26-39(32-49(45)60-52)59-48-31-37-18-5-4-17-36(37)29-46(48)43-27-25-34-14-7-10-22-41(34)51(43)59/h1-32H. The van der Waals surface area contributed by atoms with Gasteiger partial charge in [-0.1, -0.05) is 164 Å². The minimum absolute atomic E-state index is 0.651. The first-order chi connectivity index (χ1) is 29.7. The van der Waals surface area contributed by atoms with Crippen molar-refractivity contribution in [3.05, 3.63) is 194 Å². The van der Waals surface area contributed by atoms with Gasteiger partial charge in [0.25, 0.3) is 0 Å². The van der Waals surface area contributed by atoms with Crippen molar-refractivity contribution >= 4 is 96.4 Å². The number of benzene rings is 10. The lowest BCUT2D eigenvalue weighted by Gasteiger charge is -2.12. The molecule has 0 fully saturated rings. The highest BCUT2D eigenvalue weighted by molar-refractivity contribution is 7.26. The highest BCUT2D eigenvalue weighted by atomic mass is 32.1. The molecule has 0 aliphatic carbocycles. The van der Waals surface area contributed by atoms with Crippen molar-refractivity contribution in [2.75, 3.05) is 0 Å². The average Bonchev–Trinajstić information content (AvgIpc) is 3.86. The monoisotopic (exact) mass is 780 g/mol. The van der Waals surface area contributed by atoms with Crippen LogP contribution in [0.1, 0.15) is 0 Å². The van der Waals surface area contributed by atoms with Crippen molar-refractivity contribution in [2.45, 2.75) is 0 Å². The summed E-state index contributed by atoms with van der Waals surface area (Å²) in [5.41, 5.74) is 6.49. The van der Waals surface area contributed by atoms with Crippen LogP contribution in [0.5, 0.6) is 0 Å². The van der Waals surface area contributed by atoms with Crippen LogP contribution in [0.2, 0.25) is 0 Å². The zero-order chi connectivity index (χ0) is 39.3. The van der Waals surface area contributed by atoms with Crippen molar-refractivity contribution in [3.63, 3.8) is 0 Å². The quantitative estimate of drug-likeness (QED) is 0.179. The SMILES string of the molecule is c1ccc(-c2nc(-c3cccc4ccccc34)nc(-c3cc4ccccc4c4sc5cc(-n6c7cc8ccccc8cc7c7ccc8ccccc8c76)ccc5c34)n2)cc1. The predicted octanol–water partition coefficient (Wildman–Crippen LogP) is 15.0. The van der Waals surface area contributed by atoms with Crippen LogP contribution in [0.3, 0.4) is 0 Å². The zero-order valence-corrected chi connectivity index (χ0v) is 33.0. The van der Waals surface area contributed by atoms with E-state index in [9.17, 15) is 0 Å². The molecule has 0 aliphatic rings. The third-order valence-electron chi connectivity index (χ3n) is 12.2. The first-order valence-electron chi connectivity index (χ1n) is 20.3. The lowest BCUT2D eigenvalue weighted by molar-refractivity contribution is 1.08. The largest absolute Gasteiger partial charge is 0.309 e. The third kappa shape index (κ3) is 5.00. The van der Waals surface area contributed by atoms with Crippen LogP contribution >= 0.6 is 11.3 Å². The molecule has 4 nitrogen and oxygen atoms in total. The summed E-state index contributed by atoms with van der Waals surface area (Å²) in [7, 11) is 0. The fourth-order valence-corrected chi connectivity index (χ4v) is 10.7. The topological polar surface area (TPSA) is 43.6 Å². The number of fused-ring (bicyclic) bond motifs is 12. The van der Waals surface area contributed by atoms with Gasteiger partial charge in [0.15, 0.2) is 17.5 Å². The maximum absolute atomic E-state index is 5.35. The molecule has 0 aliphatic heterocycles. The van der Waals surface area contributed by atoms with Crippen molar-refractivity contribution in [1.29, 1.82) is 0 Å². The first-order valence-corrected chi connectivity index (χ1v) is 21.1. The Morgan fingerprint density at radius 2 is 0.983 bits per heavy atom. The molecule has 13 aromatic rings. The smallest absolute Gasteiger partial charge is 0.164 e. The van der Waals surface area contributed by atoms with Gasteiger partial charge >= 0.3 is 0 Å². The molecule has 0 amide bonds. The van der Waals surface area contributed by atoms with Crippen LogP contribution in [-0.4, -0.2) is 19.5 Å². The van der Waals surface area contributed by atoms with E-state index in [4.69, 9.17) is 15.0 Å². The highest BCUT2D eigenvalue weighted by Gasteiger charge is 2.22. The summed E-state index contributed by atoms with van der Waals surface area (Å²) in [6, 6.07) is 69.7. The maximum Gasteiger partial charge on any atom is 0.164 e. The van der Waals surface area contributed by atoms with E-state index in [1.54, 1.807) is 0 Å². The Kier molecular flexibility index (Phi) is 7.14. The van der Waals surface area contributed by atoms with Crippen LogP contribution in [0, 0.1) is 0 Å². The van der Waals surface area contributed by atoms with Crippen LogP contribution in [-0.2, 0) is 0 Å². The molecular formula is C55H32N4S. The predicted molar refractivity (Wildman–Crippen MR) is 253 cm³/mol. The van der Waals surface area contributed by atoms with Crippen LogP contribution in [0.15, 0.2) is 194 Å². The van der Waals surface area contributed by atoms with Gasteiger partial charge in [-0.3, -0.25) is 0 Å². The number of thiophene rings is 1. The second-order valence-corrected chi connectivity index (χ2v) is 16.6. The van der Waals surface area contributed by atoms with E-state index in [2.05, 4.69) is 180 Å². The van der Waals surface area contributed by atoms with Crippen LogP contribution < -0.4 is 0 Å². The molecule has 5 heteroatoms. The molecule has 0 N–H and O–H groups in total. The summed E-state index contributed by atoms with van der Waals surface area (Å²) in [5.74, 6) is 1.97. The van der Waals surface area contributed by atoms with E-state index >= 15 is 0 Å². The van der Waals surface area contributed by atoms with E-state index in [0.29, 0.717) is 17.5 Å². The molecule has 0 saturated heterocycles. The Labute approximate surface area is 348 Å². The summed E-state index contributed by atoms with van der Waals surface area (Å²) in [4.78, 5) is 15.8. The summed E-state index contributed by atoms with van der Waals surface area (Å²) in [6.45, 7) is 0. The van der Waals surface area contributed by atoms with E-state index < -0.39 is 0 Å². The van der Waals surface area contributed by atoms with Gasteiger partial charge < -0.3 is 4.57 Å². The number of hydrogen-bond acceptors (Lipinski definition) is 4. The molecule has 13 rings (SSSR count). The van der Waals surface area contributed by atoms with Gasteiger partial charge in [-0.2, -0.15) is 0 Å². The molecule has 0 bridgehead atoms. The summed E-state index contributed by atoms with van der Waals surface area (Å²) >= 11 is 1.85. The minimum atomic E-state index is 0.651. The fraction of sp³-hybridized carbons (Fsp3) is 0. The van der Waals surface area contributed by atoms with Crippen molar-refractivity contribution in [3.8, 4) is 39.9 Å². The number of rotatable bonds is 4. The van der Waals surface area contributed by atoms with Gasteiger partial charge in [-0.25, -0.2) is 15.0 Å². The van der Waals surface area contributed by atoms with Crippen molar-refractivity contribution < 1.29 is 0 Å². The van der Waals surface area contributed by atoms with Crippen LogP contribution in [0.25, 0.3) is 125 Å². The molecule has 278 valence electrons. The average molecular weight is 781 g/mol. The minimum Gasteiger partial charge on any atom is -0.309 e. The van der Waals surface area contributed by atoms with Crippen LogP contribution in [0.4, 0.5) is 0 Å². The summed E-state index contributed by atoms with van der Waals surface area (Å²) in [6.07, 6.45) is 0. The van der Waals surface area contributed by atoms with Gasteiger partial charge in [-0.15, -0.1) is 11.3 Å². The molecule has 0 spiro atoms. The Hall–Kier alpha value is -7.73. The number of aromatic nitrogens is 4. The normalized spacial score (nSPS) is 12.0. The molecule has 10 aromatic carbocycles. The lowest BCUT2D eigenvalue weighted by Crippen LogP contribution is -2.01. The Morgan fingerprint density at radius 1 is 0.367 bits per heavy atom. The van der Waals surface area contributed by atoms with E-state index in [1.807, 2.05) is 29.5 Å². The van der Waals surface area contributed by atoms with E-state index in [-0.39, 0.29) is 0 Å². The van der Waals surface area contributed by atoms with Crippen molar-refractivity contribution in [1.82, 2.24) is 19.5 Å². The molecule has 60 heavy (non-hydrogen) atoms. The lowest BCUT2D eigenvalue weighted by atomic mass is 9.99. The number of hydrogen-bond donors (Lipinski definition) is 0. The second-order valence-electron chi connectivity index (χ2n) is 15.6. The molecule has 0 atom stereocenters. The Balaban J connectivity index is 1.10. The van der Waals surface area contributed by atoms with Gasteiger partial charge in [-0.05, 0) is 68.0 Å². The zero-order valence-electron chi connectivity index (χ0n) is 32.2. The van der Waals surface area contributed by atoms with E-state index in [1.165, 1.54) is 63.5 Å². The molecule has 3 heterocycles. The summed E-state index contributed by atoms with van der Waals surface area (Å²) in [5, 5.41) is 14.4. The van der Waals surface area contributed by atoms with Gasteiger partial charge in [0.2, 0.25) is 0 Å². The maximum atomic E-state index is 5.35. The molecule has 3 aromatic heterocycles. The summed E-state index contributed by atoms with van der Waals surface area (Å²) < 4.78 is 4.92. The fourth-order valence-electron chi connectivity index (χ4n) is 9.40. The Morgan fingerprint density at radius 3 is 1.80 bits per heavy atom.